The summed E-state index contributed by atoms with van der Waals surface area (Å²) in [5.41, 5.74) is 3.14. The molecule has 0 radical (unpaired) electrons. The third kappa shape index (κ3) is 4.20. The number of anilines is 1. The summed E-state index contributed by atoms with van der Waals surface area (Å²) in [6.07, 6.45) is 0. The number of rotatable bonds is 6. The molecule has 6 nitrogen and oxygen atoms in total. The number of nitrogens with one attached hydrogen (secondary N) is 1. The van der Waals surface area contributed by atoms with Crippen LogP contribution in [0.2, 0.25) is 5.02 Å². The topological polar surface area (TPSA) is 65.4 Å². The van der Waals surface area contributed by atoms with Crippen molar-refractivity contribution in [2.75, 3.05) is 19.5 Å². The lowest BCUT2D eigenvalue weighted by molar-refractivity contribution is -0.118. The van der Waals surface area contributed by atoms with Gasteiger partial charge in [0.25, 0.3) is 0 Å². The molecule has 0 saturated heterocycles. The number of hydrogen-bond donors (Lipinski definition) is 1. The van der Waals surface area contributed by atoms with E-state index in [2.05, 4.69) is 5.32 Å². The maximum absolute atomic E-state index is 13.1. The average Bonchev–Trinajstić information content (AvgIpc) is 3.17. The van der Waals surface area contributed by atoms with E-state index in [0.29, 0.717) is 22.2 Å². The van der Waals surface area contributed by atoms with Crippen LogP contribution in [0.1, 0.15) is 13.0 Å². The number of nitrogens with zero attached hydrogens (tertiary/aromatic N) is 2. The molecule has 7 heteroatoms. The van der Waals surface area contributed by atoms with Gasteiger partial charge in [-0.15, -0.1) is 0 Å². The number of benzene rings is 3. The van der Waals surface area contributed by atoms with Gasteiger partial charge >= 0.3 is 0 Å². The number of methoxy groups -OCH3 is 2. The number of ether oxygens (including phenoxy) is 2. The highest BCUT2D eigenvalue weighted by atomic mass is 35.5. The average molecular weight is 436 g/mol. The fourth-order valence-electron chi connectivity index (χ4n) is 3.46. The summed E-state index contributed by atoms with van der Waals surface area (Å²) < 4.78 is 12.3. The molecule has 1 aromatic heterocycles. The van der Waals surface area contributed by atoms with E-state index in [-0.39, 0.29) is 5.91 Å². The van der Waals surface area contributed by atoms with Gasteiger partial charge in [0, 0.05) is 39.9 Å². The Morgan fingerprint density at radius 2 is 1.68 bits per heavy atom. The molecule has 0 aliphatic heterocycles. The number of carbonyl (C=O) groups is 1. The van der Waals surface area contributed by atoms with Gasteiger partial charge in [-0.2, -0.15) is 5.10 Å². The van der Waals surface area contributed by atoms with Crippen LogP contribution in [0.5, 0.6) is 11.5 Å². The van der Waals surface area contributed by atoms with Gasteiger partial charge in [-0.25, -0.2) is 0 Å². The summed E-state index contributed by atoms with van der Waals surface area (Å²) >= 11 is 6.25. The number of aromatic nitrogens is 2. The minimum absolute atomic E-state index is 0.214. The van der Waals surface area contributed by atoms with Crippen LogP contribution in [-0.2, 0) is 4.79 Å². The molecular formula is C24H22ClN3O3. The Morgan fingerprint density at radius 3 is 2.32 bits per heavy atom. The Kier molecular flexibility index (Phi) is 5.82. The van der Waals surface area contributed by atoms with E-state index in [1.165, 1.54) is 0 Å². The Balaban J connectivity index is 1.71. The predicted octanol–water partition coefficient (Wildman–Crippen LogP) is 5.57. The minimum Gasteiger partial charge on any atom is -0.497 e. The highest BCUT2D eigenvalue weighted by molar-refractivity contribution is 6.31. The Labute approximate surface area is 185 Å². The molecule has 1 atom stereocenters. The van der Waals surface area contributed by atoms with Gasteiger partial charge < -0.3 is 14.8 Å². The fourth-order valence-corrected chi connectivity index (χ4v) is 3.63. The van der Waals surface area contributed by atoms with E-state index in [0.717, 1.165) is 22.2 Å². The number of amides is 1. The van der Waals surface area contributed by atoms with E-state index in [4.69, 9.17) is 26.2 Å². The van der Waals surface area contributed by atoms with E-state index in [1.807, 2.05) is 49.4 Å². The summed E-state index contributed by atoms with van der Waals surface area (Å²) in [5.74, 6) is 0.968. The zero-order valence-electron chi connectivity index (χ0n) is 17.4. The van der Waals surface area contributed by atoms with Crippen molar-refractivity contribution in [2.45, 2.75) is 13.0 Å². The molecule has 31 heavy (non-hydrogen) atoms. The minimum atomic E-state index is -0.571. The second-order valence-electron chi connectivity index (χ2n) is 7.09. The van der Waals surface area contributed by atoms with Gasteiger partial charge in [-0.3, -0.25) is 9.48 Å². The van der Waals surface area contributed by atoms with Crippen LogP contribution in [0.25, 0.3) is 22.2 Å². The third-order valence-electron chi connectivity index (χ3n) is 5.08. The third-order valence-corrected chi connectivity index (χ3v) is 5.32. The van der Waals surface area contributed by atoms with Crippen LogP contribution in [0.4, 0.5) is 5.69 Å². The normalized spacial score (nSPS) is 11.9. The largest absolute Gasteiger partial charge is 0.497 e. The molecule has 0 saturated carbocycles. The van der Waals surface area contributed by atoms with Gasteiger partial charge in [0.15, 0.2) is 0 Å². The van der Waals surface area contributed by atoms with Crippen molar-refractivity contribution >= 4 is 34.1 Å². The number of carbonyl (C=O) groups excluding carboxylic acids is 1. The van der Waals surface area contributed by atoms with Gasteiger partial charge in [-0.05, 0) is 25.1 Å². The van der Waals surface area contributed by atoms with Crippen molar-refractivity contribution < 1.29 is 14.3 Å². The first-order valence-electron chi connectivity index (χ1n) is 9.77. The van der Waals surface area contributed by atoms with Crippen LogP contribution in [-0.4, -0.2) is 29.9 Å². The van der Waals surface area contributed by atoms with Crippen molar-refractivity contribution in [2.24, 2.45) is 0 Å². The highest BCUT2D eigenvalue weighted by Gasteiger charge is 2.22. The van der Waals surface area contributed by atoms with Crippen LogP contribution < -0.4 is 14.8 Å². The standard InChI is InChI=1S/C24H22ClN3O3/c1-15(24(29)26-18-12-19(30-2)14-20(13-18)31-3)28-22-10-9-17(25)11-21(22)23(27-28)16-7-5-4-6-8-16/h4-15H,1-3H3,(H,26,29)/t15-/m0/s1. The lowest BCUT2D eigenvalue weighted by Crippen LogP contribution is -2.24. The molecule has 0 bridgehead atoms. The maximum Gasteiger partial charge on any atom is 0.248 e. The van der Waals surface area contributed by atoms with Gasteiger partial charge in [0.2, 0.25) is 5.91 Å². The van der Waals surface area contributed by atoms with Crippen LogP contribution in [0.15, 0.2) is 66.7 Å². The molecule has 0 aliphatic rings. The number of fused-ring (bicyclic) bond motifs is 1. The quantitative estimate of drug-likeness (QED) is 0.429. The summed E-state index contributed by atoms with van der Waals surface area (Å²) in [7, 11) is 3.13. The first kappa shape index (κ1) is 20.8. The molecule has 0 spiro atoms. The lowest BCUT2D eigenvalue weighted by Gasteiger charge is -2.15. The van der Waals surface area contributed by atoms with Crippen LogP contribution >= 0.6 is 11.6 Å². The van der Waals surface area contributed by atoms with Crippen molar-refractivity contribution in [3.8, 4) is 22.8 Å². The fraction of sp³-hybridized carbons (Fsp3) is 0.167. The second-order valence-corrected chi connectivity index (χ2v) is 7.52. The first-order valence-corrected chi connectivity index (χ1v) is 10.1. The zero-order chi connectivity index (χ0) is 22.0. The molecule has 4 rings (SSSR count). The molecule has 1 N–H and O–H groups in total. The number of hydrogen-bond acceptors (Lipinski definition) is 4. The van der Waals surface area contributed by atoms with E-state index >= 15 is 0 Å². The zero-order valence-corrected chi connectivity index (χ0v) is 18.2. The smallest absolute Gasteiger partial charge is 0.248 e. The molecule has 1 amide bonds. The van der Waals surface area contributed by atoms with Crippen LogP contribution in [0, 0.1) is 0 Å². The molecule has 1 heterocycles. The Morgan fingerprint density at radius 1 is 1.00 bits per heavy atom. The molecule has 158 valence electrons. The van der Waals surface area contributed by atoms with Crippen molar-refractivity contribution in [1.82, 2.24) is 9.78 Å². The van der Waals surface area contributed by atoms with Crippen molar-refractivity contribution in [1.29, 1.82) is 0 Å². The molecule has 3 aromatic carbocycles. The Bertz CT molecular complexity index is 1220. The lowest BCUT2D eigenvalue weighted by atomic mass is 10.1. The van der Waals surface area contributed by atoms with Crippen molar-refractivity contribution in [3.63, 3.8) is 0 Å². The summed E-state index contributed by atoms with van der Waals surface area (Å²) in [6, 6.07) is 20.0. The number of halogens is 1. The summed E-state index contributed by atoms with van der Waals surface area (Å²) in [4.78, 5) is 13.1. The van der Waals surface area contributed by atoms with Gasteiger partial charge in [-0.1, -0.05) is 41.9 Å². The van der Waals surface area contributed by atoms with Crippen molar-refractivity contribution in [3.05, 3.63) is 71.8 Å². The first-order chi connectivity index (χ1) is 15.0. The highest BCUT2D eigenvalue weighted by Crippen LogP contribution is 2.32. The van der Waals surface area contributed by atoms with E-state index in [9.17, 15) is 4.79 Å². The van der Waals surface area contributed by atoms with Gasteiger partial charge in [0.1, 0.15) is 23.2 Å². The van der Waals surface area contributed by atoms with Gasteiger partial charge in [0.05, 0.1) is 19.7 Å². The van der Waals surface area contributed by atoms with E-state index in [1.54, 1.807) is 43.2 Å². The molecule has 0 fully saturated rings. The summed E-state index contributed by atoms with van der Waals surface area (Å²) in [6.45, 7) is 1.81. The SMILES string of the molecule is COc1cc(NC(=O)[C@H](C)n2nc(-c3ccccc3)c3cc(Cl)ccc32)cc(OC)c1. The monoisotopic (exact) mass is 435 g/mol. The molecule has 4 aromatic rings. The van der Waals surface area contributed by atoms with E-state index < -0.39 is 6.04 Å². The molecular weight excluding hydrogens is 414 g/mol. The summed E-state index contributed by atoms with van der Waals surface area (Å²) in [5, 5.41) is 9.21. The predicted molar refractivity (Wildman–Crippen MR) is 123 cm³/mol. The Hall–Kier alpha value is -3.51. The maximum atomic E-state index is 13.1. The molecule has 0 unspecified atom stereocenters. The second kappa shape index (κ2) is 8.70. The molecule has 0 aliphatic carbocycles. The van der Waals surface area contributed by atoms with Crippen LogP contribution in [0.3, 0.4) is 0 Å².